The van der Waals surface area contributed by atoms with E-state index in [4.69, 9.17) is 9.47 Å². The molecule has 2 aliphatic heterocycles. The van der Waals surface area contributed by atoms with Crippen molar-refractivity contribution in [2.75, 3.05) is 4.90 Å². The minimum absolute atomic E-state index is 0.563. The van der Waals surface area contributed by atoms with Gasteiger partial charge in [0.25, 0.3) is 0 Å². The minimum Gasteiger partial charge on any atom is -0.457 e. The third-order valence-electron chi connectivity index (χ3n) is 15.6. The molecule has 2 heterocycles. The predicted molar refractivity (Wildman–Crippen MR) is 287 cm³/mol. The molecular formula is C68H43NO2. The molecule has 4 aliphatic rings. The van der Waals surface area contributed by atoms with Crippen LogP contribution in [-0.2, 0) is 10.8 Å². The minimum atomic E-state index is -0.611. The van der Waals surface area contributed by atoms with Crippen LogP contribution >= 0.6 is 0 Å². The molecule has 0 radical (unpaired) electrons. The second-order valence-corrected chi connectivity index (χ2v) is 19.1. The Balaban J connectivity index is 0.960. The van der Waals surface area contributed by atoms with E-state index in [9.17, 15) is 0 Å². The van der Waals surface area contributed by atoms with Gasteiger partial charge in [-0.15, -0.1) is 0 Å². The summed E-state index contributed by atoms with van der Waals surface area (Å²) >= 11 is 0. The molecule has 0 N–H and O–H groups in total. The maximum atomic E-state index is 6.74. The number of hydrogen-bond donors (Lipinski definition) is 0. The highest BCUT2D eigenvalue weighted by Crippen LogP contribution is 2.65. The lowest BCUT2D eigenvalue weighted by molar-refractivity contribution is 0.436. The molecule has 3 nitrogen and oxygen atoms in total. The van der Waals surface area contributed by atoms with E-state index >= 15 is 0 Å². The first-order valence-electron chi connectivity index (χ1n) is 24.5. The maximum absolute atomic E-state index is 6.74. The number of para-hydroxylation sites is 4. The summed E-state index contributed by atoms with van der Waals surface area (Å²) in [7, 11) is 0. The topological polar surface area (TPSA) is 21.7 Å². The van der Waals surface area contributed by atoms with E-state index in [0.717, 1.165) is 67.9 Å². The quantitative estimate of drug-likeness (QED) is 0.172. The molecule has 0 saturated carbocycles. The summed E-state index contributed by atoms with van der Waals surface area (Å²) in [4.78, 5) is 2.46. The molecule has 0 saturated heterocycles. The largest absolute Gasteiger partial charge is 0.457 e. The Morgan fingerprint density at radius 3 is 1.17 bits per heavy atom. The Kier molecular flexibility index (Phi) is 8.49. The monoisotopic (exact) mass is 905 g/mol. The van der Waals surface area contributed by atoms with Crippen LogP contribution < -0.4 is 14.4 Å². The number of ether oxygens (including phenoxy) is 2. The van der Waals surface area contributed by atoms with Gasteiger partial charge in [0.05, 0.1) is 10.8 Å². The average molecular weight is 906 g/mol. The Bertz CT molecular complexity index is 3870. The van der Waals surface area contributed by atoms with Crippen molar-refractivity contribution in [3.05, 3.63) is 305 Å². The molecule has 71 heavy (non-hydrogen) atoms. The van der Waals surface area contributed by atoms with Crippen LogP contribution in [0.5, 0.6) is 23.0 Å². The van der Waals surface area contributed by atoms with Crippen LogP contribution in [-0.4, -0.2) is 0 Å². The first-order valence-corrected chi connectivity index (χ1v) is 24.5. The molecule has 11 aromatic carbocycles. The van der Waals surface area contributed by atoms with Crippen LogP contribution in [0.2, 0.25) is 0 Å². The fourth-order valence-electron chi connectivity index (χ4n) is 12.7. The number of hydrogen-bond acceptors (Lipinski definition) is 3. The number of benzene rings is 11. The standard InChI is InChI=1S/C68H43NO2/c1-2-17-44(18-3-1)46-19-16-20-47(41-46)45-33-35-48(36-34-45)69(49-38-40-57-54(42-49)52-22-5-7-24-56(52)67(57)58-25-8-12-29-63(58)70-64-30-13-9-26-59(64)67)50-37-39-53-51-21-4-6-23-55(51)68(62(53)43-50)60-27-10-14-31-65(60)71-66-32-15-11-28-61(66)68/h1-43H. The first-order chi connectivity index (χ1) is 35.2. The highest BCUT2D eigenvalue weighted by molar-refractivity contribution is 5.94. The van der Waals surface area contributed by atoms with E-state index < -0.39 is 10.8 Å². The molecule has 0 unspecified atom stereocenters. The van der Waals surface area contributed by atoms with E-state index in [2.05, 4.69) is 266 Å². The van der Waals surface area contributed by atoms with Crippen molar-refractivity contribution in [1.29, 1.82) is 0 Å². The summed E-state index contributed by atoms with van der Waals surface area (Å²) in [5, 5.41) is 0. The molecule has 3 heteroatoms. The Morgan fingerprint density at radius 1 is 0.225 bits per heavy atom. The molecule has 2 spiro atoms. The van der Waals surface area contributed by atoms with Crippen molar-refractivity contribution < 1.29 is 9.47 Å². The summed E-state index contributed by atoms with van der Waals surface area (Å²) in [6.07, 6.45) is 0. The van der Waals surface area contributed by atoms with E-state index in [0.29, 0.717) is 0 Å². The SMILES string of the molecule is c1ccc(-c2cccc(-c3ccc(N(c4ccc5c(c4)-c4ccccc4C54c5ccccc5Oc5ccccc54)c4ccc5c(c4)C4(c6ccccc6Oc6ccccc64)c4ccccc4-5)cc3)c2)cc1. The van der Waals surface area contributed by atoms with Crippen molar-refractivity contribution >= 4 is 17.1 Å². The second kappa shape index (κ2) is 15.2. The highest BCUT2D eigenvalue weighted by Gasteiger charge is 2.53. The van der Waals surface area contributed by atoms with Crippen molar-refractivity contribution in [2.45, 2.75) is 10.8 Å². The molecule has 0 atom stereocenters. The number of rotatable bonds is 5. The molecule has 0 aromatic heterocycles. The van der Waals surface area contributed by atoms with Gasteiger partial charge in [-0.2, -0.15) is 0 Å². The number of fused-ring (bicyclic) bond motifs is 18. The van der Waals surface area contributed by atoms with Crippen LogP contribution in [0.4, 0.5) is 17.1 Å². The highest BCUT2D eigenvalue weighted by atomic mass is 16.5. The molecular weight excluding hydrogens is 863 g/mol. The van der Waals surface area contributed by atoms with Gasteiger partial charge in [-0.3, -0.25) is 0 Å². The summed E-state index contributed by atoms with van der Waals surface area (Å²) in [5.41, 5.74) is 21.3. The van der Waals surface area contributed by atoms with E-state index in [-0.39, 0.29) is 0 Å². The number of anilines is 3. The van der Waals surface area contributed by atoms with Crippen LogP contribution in [0, 0.1) is 0 Å². The van der Waals surface area contributed by atoms with Crippen molar-refractivity contribution in [3.8, 4) is 67.5 Å². The average Bonchev–Trinajstić information content (AvgIpc) is 3.90. The van der Waals surface area contributed by atoms with Gasteiger partial charge in [0.2, 0.25) is 0 Å². The first kappa shape index (κ1) is 39.8. The lowest BCUT2D eigenvalue weighted by Gasteiger charge is -2.40. The zero-order chi connectivity index (χ0) is 46.7. The van der Waals surface area contributed by atoms with E-state index in [1.807, 2.05) is 0 Å². The van der Waals surface area contributed by atoms with Gasteiger partial charge in [-0.25, -0.2) is 0 Å². The maximum Gasteiger partial charge on any atom is 0.132 e. The summed E-state index contributed by atoms with van der Waals surface area (Å²) in [5.74, 6) is 3.53. The molecule has 0 bridgehead atoms. The van der Waals surface area contributed by atoms with Crippen molar-refractivity contribution in [1.82, 2.24) is 0 Å². The molecule has 2 aliphatic carbocycles. The zero-order valence-electron chi connectivity index (χ0n) is 38.6. The lowest BCUT2D eigenvalue weighted by atomic mass is 9.66. The molecule has 15 rings (SSSR count). The van der Waals surface area contributed by atoms with Gasteiger partial charge < -0.3 is 14.4 Å². The Hall–Kier alpha value is -9.18. The van der Waals surface area contributed by atoms with Gasteiger partial charge in [-0.1, -0.05) is 194 Å². The van der Waals surface area contributed by atoms with Crippen LogP contribution in [0.25, 0.3) is 44.5 Å². The molecule has 332 valence electrons. The van der Waals surface area contributed by atoms with Crippen LogP contribution in [0.3, 0.4) is 0 Å². The molecule has 0 fully saturated rings. The summed E-state index contributed by atoms with van der Waals surface area (Å²) < 4.78 is 13.4. The smallest absolute Gasteiger partial charge is 0.132 e. The van der Waals surface area contributed by atoms with Gasteiger partial charge in [0.1, 0.15) is 23.0 Å². The van der Waals surface area contributed by atoms with Crippen LogP contribution in [0.15, 0.2) is 261 Å². The third-order valence-corrected chi connectivity index (χ3v) is 15.6. The second-order valence-electron chi connectivity index (χ2n) is 19.1. The Labute approximate surface area is 413 Å². The summed E-state index contributed by atoms with van der Waals surface area (Å²) in [6, 6.07) is 95.2. The lowest BCUT2D eigenvalue weighted by Crippen LogP contribution is -2.32. The fraction of sp³-hybridized carbons (Fsp3) is 0.0294. The van der Waals surface area contributed by atoms with Gasteiger partial charge in [0, 0.05) is 39.3 Å². The van der Waals surface area contributed by atoms with E-state index in [1.165, 1.54) is 61.2 Å². The van der Waals surface area contributed by atoms with Crippen molar-refractivity contribution in [2.24, 2.45) is 0 Å². The predicted octanol–water partition coefficient (Wildman–Crippen LogP) is 17.4. The molecule has 11 aromatic rings. The van der Waals surface area contributed by atoms with Gasteiger partial charge >= 0.3 is 0 Å². The van der Waals surface area contributed by atoms with Gasteiger partial charge in [0.15, 0.2) is 0 Å². The number of nitrogens with zero attached hydrogens (tertiary/aromatic N) is 1. The van der Waals surface area contributed by atoms with Gasteiger partial charge in [-0.05, 0) is 133 Å². The normalized spacial score (nSPS) is 14.1. The fourth-order valence-corrected chi connectivity index (χ4v) is 12.7. The van der Waals surface area contributed by atoms with Crippen molar-refractivity contribution in [3.63, 3.8) is 0 Å². The Morgan fingerprint density at radius 2 is 0.606 bits per heavy atom. The van der Waals surface area contributed by atoms with Crippen LogP contribution in [0.1, 0.15) is 44.5 Å². The third kappa shape index (κ3) is 5.54. The summed E-state index contributed by atoms with van der Waals surface area (Å²) in [6.45, 7) is 0. The zero-order valence-corrected chi connectivity index (χ0v) is 38.6. The van der Waals surface area contributed by atoms with E-state index in [1.54, 1.807) is 0 Å². The molecule has 0 amide bonds.